The number of rotatable bonds is 8. The summed E-state index contributed by atoms with van der Waals surface area (Å²) < 4.78 is 36.0. The SMILES string of the molecule is CCN(CC)S(=O)(=O)c1ccc(OC)c(NCc2nnc3n(C)c(=O)c4ccccc4n23)c1. The predicted octanol–water partition coefficient (Wildman–Crippen LogP) is 2.23. The molecule has 0 saturated heterocycles. The van der Waals surface area contributed by atoms with Crippen molar-refractivity contribution in [3.05, 3.63) is 58.6 Å². The molecule has 0 saturated carbocycles. The summed E-state index contributed by atoms with van der Waals surface area (Å²) in [5.74, 6) is 1.48. The lowest BCUT2D eigenvalue weighted by Gasteiger charge is -2.20. The molecule has 0 fully saturated rings. The summed E-state index contributed by atoms with van der Waals surface area (Å²) in [4.78, 5) is 12.8. The Labute approximate surface area is 191 Å². The zero-order valence-electron chi connectivity index (χ0n) is 18.9. The molecular weight excluding hydrogens is 444 g/mol. The molecule has 2 aromatic heterocycles. The second kappa shape index (κ2) is 8.83. The topological polar surface area (TPSA) is 111 Å². The minimum absolute atomic E-state index is 0.152. The van der Waals surface area contributed by atoms with Gasteiger partial charge in [0.1, 0.15) is 5.75 Å². The molecular formula is C22H26N6O4S. The molecule has 33 heavy (non-hydrogen) atoms. The van der Waals surface area contributed by atoms with Crippen LogP contribution in [0.1, 0.15) is 19.7 Å². The van der Waals surface area contributed by atoms with Crippen LogP contribution in [0.15, 0.2) is 52.2 Å². The van der Waals surface area contributed by atoms with Crippen LogP contribution in [0.5, 0.6) is 5.75 Å². The highest BCUT2D eigenvalue weighted by Crippen LogP contribution is 2.29. The summed E-state index contributed by atoms with van der Waals surface area (Å²) in [6, 6.07) is 12.0. The molecule has 2 heterocycles. The molecule has 1 N–H and O–H groups in total. The molecule has 2 aromatic carbocycles. The average molecular weight is 471 g/mol. The van der Waals surface area contributed by atoms with Gasteiger partial charge in [0.05, 0.1) is 35.1 Å². The van der Waals surface area contributed by atoms with E-state index < -0.39 is 10.0 Å². The monoisotopic (exact) mass is 470 g/mol. The quantitative estimate of drug-likeness (QED) is 0.420. The Hall–Kier alpha value is -3.44. The summed E-state index contributed by atoms with van der Waals surface area (Å²) in [6.07, 6.45) is 0. The van der Waals surface area contributed by atoms with E-state index in [0.717, 1.165) is 0 Å². The lowest BCUT2D eigenvalue weighted by Crippen LogP contribution is -2.30. The van der Waals surface area contributed by atoms with Crippen LogP contribution in [0.2, 0.25) is 0 Å². The number of nitrogens with one attached hydrogen (secondary N) is 1. The number of aromatic nitrogens is 4. The second-order valence-corrected chi connectivity index (χ2v) is 9.38. The molecule has 10 nitrogen and oxygen atoms in total. The van der Waals surface area contributed by atoms with Crippen LogP contribution in [-0.2, 0) is 23.6 Å². The molecule has 4 aromatic rings. The van der Waals surface area contributed by atoms with Gasteiger partial charge in [0, 0.05) is 20.1 Å². The van der Waals surface area contributed by atoms with E-state index in [1.807, 2.05) is 22.6 Å². The second-order valence-electron chi connectivity index (χ2n) is 7.44. The first kappa shape index (κ1) is 22.7. The number of hydrogen-bond acceptors (Lipinski definition) is 7. The van der Waals surface area contributed by atoms with Gasteiger partial charge in [-0.25, -0.2) is 8.42 Å². The number of anilines is 1. The Morgan fingerprint density at radius 1 is 1.09 bits per heavy atom. The number of methoxy groups -OCH3 is 1. The molecule has 0 atom stereocenters. The van der Waals surface area contributed by atoms with Gasteiger partial charge < -0.3 is 10.1 Å². The molecule has 0 unspecified atom stereocenters. The van der Waals surface area contributed by atoms with Crippen molar-refractivity contribution in [3.8, 4) is 5.75 Å². The number of hydrogen-bond donors (Lipinski definition) is 1. The van der Waals surface area contributed by atoms with Crippen LogP contribution >= 0.6 is 0 Å². The summed E-state index contributed by atoms with van der Waals surface area (Å²) in [5, 5.41) is 12.2. The minimum atomic E-state index is -3.63. The Balaban J connectivity index is 1.75. The standard InChI is InChI=1S/C22H26N6O4S/c1-5-27(6-2)33(30,31)15-11-12-19(32-4)17(13-15)23-14-20-24-25-22-26(3)21(29)16-9-7-8-10-18(16)28(20)22/h7-13,23H,5-6,14H2,1-4H3. The van der Waals surface area contributed by atoms with E-state index in [9.17, 15) is 13.2 Å². The maximum Gasteiger partial charge on any atom is 0.262 e. The fraction of sp³-hybridized carbons (Fsp3) is 0.318. The molecule has 0 aliphatic heterocycles. The number of aryl methyl sites for hydroxylation is 1. The van der Waals surface area contributed by atoms with Gasteiger partial charge in [-0.05, 0) is 30.3 Å². The molecule has 0 aliphatic carbocycles. The third-order valence-electron chi connectivity index (χ3n) is 5.64. The van der Waals surface area contributed by atoms with Crippen molar-refractivity contribution in [1.82, 2.24) is 23.5 Å². The number of para-hydroxylation sites is 1. The molecule has 0 aliphatic rings. The first-order chi connectivity index (χ1) is 15.8. The number of nitrogens with zero attached hydrogens (tertiary/aromatic N) is 5. The molecule has 4 rings (SSSR count). The summed E-state index contributed by atoms with van der Waals surface area (Å²) in [6.45, 7) is 4.60. The van der Waals surface area contributed by atoms with E-state index in [-0.39, 0.29) is 17.0 Å². The average Bonchev–Trinajstić information content (AvgIpc) is 3.26. The normalized spacial score (nSPS) is 12.0. The molecule has 11 heteroatoms. The number of sulfonamides is 1. The fourth-order valence-electron chi connectivity index (χ4n) is 3.88. The highest BCUT2D eigenvalue weighted by molar-refractivity contribution is 7.89. The highest BCUT2D eigenvalue weighted by Gasteiger charge is 2.23. The van der Waals surface area contributed by atoms with E-state index in [2.05, 4.69) is 15.5 Å². The summed E-state index contributed by atoms with van der Waals surface area (Å²) >= 11 is 0. The predicted molar refractivity (Wildman–Crippen MR) is 126 cm³/mol. The number of benzene rings is 2. The molecule has 0 amide bonds. The van der Waals surface area contributed by atoms with Gasteiger partial charge in [-0.3, -0.25) is 13.8 Å². The number of fused-ring (bicyclic) bond motifs is 3. The first-order valence-electron chi connectivity index (χ1n) is 10.6. The van der Waals surface area contributed by atoms with Crippen molar-refractivity contribution < 1.29 is 13.2 Å². The van der Waals surface area contributed by atoms with Crippen molar-refractivity contribution in [3.63, 3.8) is 0 Å². The molecule has 0 bridgehead atoms. The van der Waals surface area contributed by atoms with Crippen molar-refractivity contribution in [2.45, 2.75) is 25.3 Å². The lowest BCUT2D eigenvalue weighted by atomic mass is 10.2. The van der Waals surface area contributed by atoms with Crippen LogP contribution in [0.3, 0.4) is 0 Å². The Bertz CT molecular complexity index is 1490. The van der Waals surface area contributed by atoms with Crippen LogP contribution < -0.4 is 15.6 Å². The van der Waals surface area contributed by atoms with E-state index >= 15 is 0 Å². The van der Waals surface area contributed by atoms with Gasteiger partial charge in [-0.1, -0.05) is 26.0 Å². The Morgan fingerprint density at radius 2 is 1.82 bits per heavy atom. The highest BCUT2D eigenvalue weighted by atomic mass is 32.2. The summed E-state index contributed by atoms with van der Waals surface area (Å²) in [5.41, 5.74) is 1.06. The van der Waals surface area contributed by atoms with Crippen LogP contribution in [0.25, 0.3) is 16.7 Å². The van der Waals surface area contributed by atoms with Crippen LogP contribution in [-0.4, -0.2) is 52.1 Å². The smallest absolute Gasteiger partial charge is 0.262 e. The fourth-order valence-corrected chi connectivity index (χ4v) is 5.36. The van der Waals surface area contributed by atoms with Crippen LogP contribution in [0.4, 0.5) is 5.69 Å². The first-order valence-corrected chi connectivity index (χ1v) is 12.0. The molecule has 0 radical (unpaired) electrons. The van der Waals surface area contributed by atoms with Crippen molar-refractivity contribution in [2.24, 2.45) is 7.05 Å². The van der Waals surface area contributed by atoms with Gasteiger partial charge in [-0.15, -0.1) is 10.2 Å². The van der Waals surface area contributed by atoms with Crippen molar-refractivity contribution in [1.29, 1.82) is 0 Å². The van der Waals surface area contributed by atoms with Gasteiger partial charge in [0.25, 0.3) is 5.56 Å². The number of ether oxygens (including phenoxy) is 1. The maximum atomic E-state index is 13.0. The maximum absolute atomic E-state index is 13.0. The zero-order valence-corrected chi connectivity index (χ0v) is 19.8. The minimum Gasteiger partial charge on any atom is -0.495 e. The summed E-state index contributed by atoms with van der Waals surface area (Å²) in [7, 11) is -0.452. The van der Waals surface area contributed by atoms with E-state index in [1.54, 1.807) is 39.1 Å². The van der Waals surface area contributed by atoms with Gasteiger partial charge >= 0.3 is 0 Å². The van der Waals surface area contributed by atoms with Crippen molar-refractivity contribution >= 4 is 32.4 Å². The van der Waals surface area contributed by atoms with E-state index in [1.165, 1.54) is 22.0 Å². The Morgan fingerprint density at radius 3 is 2.52 bits per heavy atom. The van der Waals surface area contributed by atoms with Crippen LogP contribution in [0, 0.1) is 0 Å². The third kappa shape index (κ3) is 3.83. The van der Waals surface area contributed by atoms with Crippen molar-refractivity contribution in [2.75, 3.05) is 25.5 Å². The Kier molecular flexibility index (Phi) is 6.09. The van der Waals surface area contributed by atoms with Gasteiger partial charge in [-0.2, -0.15) is 4.31 Å². The van der Waals surface area contributed by atoms with E-state index in [4.69, 9.17) is 4.74 Å². The third-order valence-corrected chi connectivity index (χ3v) is 7.69. The lowest BCUT2D eigenvalue weighted by molar-refractivity contribution is 0.415. The van der Waals surface area contributed by atoms with Gasteiger partial charge in [0.2, 0.25) is 15.8 Å². The molecule has 174 valence electrons. The van der Waals surface area contributed by atoms with Gasteiger partial charge in [0.15, 0.2) is 5.82 Å². The largest absolute Gasteiger partial charge is 0.495 e. The van der Waals surface area contributed by atoms with E-state index in [0.29, 0.717) is 47.0 Å². The zero-order chi connectivity index (χ0) is 23.8. The molecule has 0 spiro atoms.